The third-order valence-corrected chi connectivity index (χ3v) is 11.5. The number of benzene rings is 3. The largest absolute Gasteiger partial charge is 0.373 e. The van der Waals surface area contributed by atoms with Crippen LogP contribution in [-0.4, -0.2) is 52.5 Å². The molecule has 0 N–H and O–H groups in total. The molecule has 10 heteroatoms. The Morgan fingerprint density at radius 1 is 1.05 bits per heavy atom. The molecule has 7 rings (SSSR count). The van der Waals surface area contributed by atoms with Crippen molar-refractivity contribution in [1.82, 2.24) is 23.9 Å². The van der Waals surface area contributed by atoms with E-state index in [4.69, 9.17) is 4.74 Å². The summed E-state index contributed by atoms with van der Waals surface area (Å²) in [6.07, 6.45) is 7.15. The summed E-state index contributed by atoms with van der Waals surface area (Å²) in [4.78, 5) is 0.231. The van der Waals surface area contributed by atoms with Crippen molar-refractivity contribution in [2.24, 2.45) is 5.92 Å². The lowest BCUT2D eigenvalue weighted by Gasteiger charge is -2.35. The summed E-state index contributed by atoms with van der Waals surface area (Å²) >= 11 is 0. The Morgan fingerprint density at radius 3 is 2.55 bits per heavy atom. The molecule has 0 amide bonds. The first-order valence-corrected chi connectivity index (χ1v) is 16.5. The fourth-order valence-corrected chi connectivity index (χ4v) is 9.18. The van der Waals surface area contributed by atoms with E-state index in [0.29, 0.717) is 32.5 Å². The second kappa shape index (κ2) is 10.6. The van der Waals surface area contributed by atoms with Gasteiger partial charge in [0, 0.05) is 43.7 Å². The van der Waals surface area contributed by atoms with E-state index in [1.165, 1.54) is 18.3 Å². The second-order valence-corrected chi connectivity index (χ2v) is 14.2. The van der Waals surface area contributed by atoms with Crippen molar-refractivity contribution in [3.05, 3.63) is 108 Å². The van der Waals surface area contributed by atoms with E-state index in [1.54, 1.807) is 34.4 Å². The molecule has 3 heterocycles. The van der Waals surface area contributed by atoms with Crippen LogP contribution >= 0.6 is 0 Å². The number of hydrogen-bond acceptors (Lipinski definition) is 5. The van der Waals surface area contributed by atoms with Gasteiger partial charge in [-0.05, 0) is 85.2 Å². The van der Waals surface area contributed by atoms with Crippen LogP contribution in [0.5, 0.6) is 0 Å². The van der Waals surface area contributed by atoms with E-state index in [-0.39, 0.29) is 16.6 Å². The molecule has 0 unspecified atom stereocenters. The monoisotopic (exact) mass is 613 g/mol. The Kier molecular flexibility index (Phi) is 6.99. The number of aromatic nitrogens is 4. The summed E-state index contributed by atoms with van der Waals surface area (Å²) in [5, 5.41) is 9.90. The van der Waals surface area contributed by atoms with Gasteiger partial charge in [0.15, 0.2) is 0 Å². The molecule has 0 bridgehead atoms. The SMILES string of the molecule is CCCn1cc(S(=O)(=O)N2C[C@@H]3C[C@](OC)(c4ccccc4)C[C@]3(c3cc4cnn(-c5ccc(F)cc5)c4cc3C)C2)cn1. The highest BCUT2D eigenvalue weighted by molar-refractivity contribution is 7.89. The van der Waals surface area contributed by atoms with Crippen LogP contribution in [0, 0.1) is 18.7 Å². The predicted molar refractivity (Wildman–Crippen MR) is 167 cm³/mol. The van der Waals surface area contributed by atoms with Crippen molar-refractivity contribution in [2.45, 2.75) is 55.6 Å². The molecule has 3 aromatic carbocycles. The second-order valence-electron chi connectivity index (χ2n) is 12.3. The summed E-state index contributed by atoms with van der Waals surface area (Å²) in [6, 6.07) is 20.9. The molecule has 1 aliphatic heterocycles. The van der Waals surface area contributed by atoms with E-state index in [2.05, 4.69) is 41.4 Å². The molecule has 2 fully saturated rings. The van der Waals surface area contributed by atoms with Crippen LogP contribution in [0.1, 0.15) is 42.9 Å². The highest BCUT2D eigenvalue weighted by Crippen LogP contribution is 2.60. The number of fused-ring (bicyclic) bond motifs is 2. The third kappa shape index (κ3) is 4.50. The van der Waals surface area contributed by atoms with Gasteiger partial charge in [-0.25, -0.2) is 17.5 Å². The summed E-state index contributed by atoms with van der Waals surface area (Å²) in [5.41, 5.74) is 3.92. The minimum atomic E-state index is -3.76. The van der Waals surface area contributed by atoms with Gasteiger partial charge in [-0.2, -0.15) is 14.5 Å². The summed E-state index contributed by atoms with van der Waals surface area (Å²) in [5.74, 6) is -0.278. The number of sulfonamides is 1. The van der Waals surface area contributed by atoms with Crippen LogP contribution in [0.2, 0.25) is 0 Å². The summed E-state index contributed by atoms with van der Waals surface area (Å²) < 4.78 is 53.3. The van der Waals surface area contributed by atoms with Gasteiger partial charge in [0.25, 0.3) is 0 Å². The molecule has 44 heavy (non-hydrogen) atoms. The van der Waals surface area contributed by atoms with Crippen molar-refractivity contribution >= 4 is 20.9 Å². The molecule has 5 aromatic rings. The molecule has 1 saturated carbocycles. The van der Waals surface area contributed by atoms with Gasteiger partial charge in [0.05, 0.1) is 29.2 Å². The highest BCUT2D eigenvalue weighted by Gasteiger charge is 2.62. The molecule has 3 atom stereocenters. The lowest BCUT2D eigenvalue weighted by atomic mass is 9.72. The van der Waals surface area contributed by atoms with Gasteiger partial charge in [0.1, 0.15) is 10.7 Å². The van der Waals surface area contributed by atoms with E-state index in [0.717, 1.165) is 39.7 Å². The van der Waals surface area contributed by atoms with Gasteiger partial charge < -0.3 is 4.74 Å². The standard InChI is InChI=1S/C34H36FN5O3S/c1-4-14-38-21-30(19-36-38)44(41,42)39-20-27-17-34(43-3,26-8-6-5-7-9-26)22-33(27,23-39)31-16-25-18-37-40(32(25)15-24(31)2)29-12-10-28(35)11-13-29/h5-13,15-16,18-19,21,27H,4,14,17,20,22-23H2,1-3H3/t27-,33-,34+/m0/s1. The molecule has 0 radical (unpaired) electrons. The predicted octanol–water partition coefficient (Wildman–Crippen LogP) is 5.97. The lowest BCUT2D eigenvalue weighted by molar-refractivity contribution is -0.0183. The van der Waals surface area contributed by atoms with Crippen molar-refractivity contribution in [3.8, 4) is 5.69 Å². The average molecular weight is 614 g/mol. The van der Waals surface area contributed by atoms with Crippen LogP contribution in [0.25, 0.3) is 16.6 Å². The van der Waals surface area contributed by atoms with Crippen molar-refractivity contribution < 1.29 is 17.5 Å². The van der Waals surface area contributed by atoms with Crippen LogP contribution in [0.4, 0.5) is 4.39 Å². The molecule has 8 nitrogen and oxygen atoms in total. The maximum absolute atomic E-state index is 14.0. The number of aryl methyl sites for hydroxylation is 2. The highest BCUT2D eigenvalue weighted by atomic mass is 32.2. The normalized spacial score (nSPS) is 23.9. The topological polar surface area (TPSA) is 82.3 Å². The first-order valence-electron chi connectivity index (χ1n) is 15.1. The zero-order valence-electron chi connectivity index (χ0n) is 25.1. The molecule has 1 saturated heterocycles. The third-order valence-electron chi connectivity index (χ3n) is 9.75. The fraction of sp³-hybridized carbons (Fsp3) is 0.353. The van der Waals surface area contributed by atoms with E-state index in [9.17, 15) is 12.8 Å². The molecule has 228 valence electrons. The molecule has 2 aliphatic rings. The Morgan fingerprint density at radius 2 is 1.82 bits per heavy atom. The molecular formula is C34H36FN5O3S. The zero-order valence-corrected chi connectivity index (χ0v) is 26.0. The van der Waals surface area contributed by atoms with Crippen molar-refractivity contribution in [2.75, 3.05) is 20.2 Å². The first-order chi connectivity index (χ1) is 21.2. The fourth-order valence-electron chi connectivity index (χ4n) is 7.67. The Balaban J connectivity index is 1.34. The summed E-state index contributed by atoms with van der Waals surface area (Å²) in [7, 11) is -2.00. The Labute approximate surface area is 257 Å². The zero-order chi connectivity index (χ0) is 30.7. The van der Waals surface area contributed by atoms with Crippen LogP contribution in [0.15, 0.2) is 90.2 Å². The molecular weight excluding hydrogens is 577 g/mol. The first kappa shape index (κ1) is 28.9. The quantitative estimate of drug-likeness (QED) is 0.215. The number of rotatable bonds is 8. The summed E-state index contributed by atoms with van der Waals surface area (Å²) in [6.45, 7) is 5.53. The number of methoxy groups -OCH3 is 1. The number of hydrogen-bond donors (Lipinski definition) is 0. The van der Waals surface area contributed by atoms with Crippen LogP contribution in [-0.2, 0) is 32.3 Å². The van der Waals surface area contributed by atoms with E-state index in [1.807, 2.05) is 36.0 Å². The van der Waals surface area contributed by atoms with Gasteiger partial charge >= 0.3 is 0 Å². The van der Waals surface area contributed by atoms with Crippen molar-refractivity contribution in [3.63, 3.8) is 0 Å². The van der Waals surface area contributed by atoms with Crippen LogP contribution < -0.4 is 0 Å². The number of nitrogens with zero attached hydrogens (tertiary/aromatic N) is 5. The van der Waals surface area contributed by atoms with E-state index < -0.39 is 21.0 Å². The molecule has 0 spiro atoms. The number of ether oxygens (including phenoxy) is 1. The minimum absolute atomic E-state index is 0.0198. The van der Waals surface area contributed by atoms with E-state index >= 15 is 0 Å². The lowest BCUT2D eigenvalue weighted by Crippen LogP contribution is -2.38. The van der Waals surface area contributed by atoms with Gasteiger partial charge in [-0.3, -0.25) is 4.68 Å². The molecule has 1 aliphatic carbocycles. The Hall–Kier alpha value is -3.86. The Bertz CT molecular complexity index is 1940. The average Bonchev–Trinajstić information content (AvgIpc) is 3.80. The number of halogens is 1. The maximum atomic E-state index is 14.0. The van der Waals surface area contributed by atoms with Gasteiger partial charge in [-0.1, -0.05) is 37.3 Å². The van der Waals surface area contributed by atoms with Gasteiger partial charge in [0.2, 0.25) is 10.0 Å². The van der Waals surface area contributed by atoms with Gasteiger partial charge in [-0.15, -0.1) is 0 Å². The maximum Gasteiger partial charge on any atom is 0.246 e. The molecule has 2 aromatic heterocycles. The van der Waals surface area contributed by atoms with Crippen LogP contribution in [0.3, 0.4) is 0 Å². The van der Waals surface area contributed by atoms with Crippen molar-refractivity contribution in [1.29, 1.82) is 0 Å². The minimum Gasteiger partial charge on any atom is -0.373 e. The smallest absolute Gasteiger partial charge is 0.246 e.